The number of hydrogen-bond donors (Lipinski definition) is 1. The van der Waals surface area contributed by atoms with E-state index in [4.69, 9.17) is 10.5 Å². The van der Waals surface area contributed by atoms with E-state index in [1.54, 1.807) is 12.3 Å². The molecule has 0 aliphatic rings. The van der Waals surface area contributed by atoms with E-state index < -0.39 is 5.82 Å². The van der Waals surface area contributed by atoms with Crippen LogP contribution in [-0.4, -0.2) is 9.97 Å². The third-order valence-electron chi connectivity index (χ3n) is 2.07. The highest BCUT2D eigenvalue weighted by Gasteiger charge is 2.08. The highest BCUT2D eigenvalue weighted by Crippen LogP contribution is 2.26. The second-order valence-corrected chi connectivity index (χ2v) is 4.41. The summed E-state index contributed by atoms with van der Waals surface area (Å²) in [6, 6.07) is 4.60. The van der Waals surface area contributed by atoms with Crippen LogP contribution in [0.5, 0.6) is 11.6 Å². The molecule has 0 radical (unpaired) electrons. The molecule has 0 aliphatic heterocycles. The minimum Gasteiger partial charge on any atom is -0.435 e. The highest BCUT2D eigenvalue weighted by atomic mass is 127. The van der Waals surface area contributed by atoms with Gasteiger partial charge in [0.25, 0.3) is 0 Å². The Labute approximate surface area is 111 Å². The first-order valence-electron chi connectivity index (χ1n) is 4.82. The topological polar surface area (TPSA) is 61.0 Å². The van der Waals surface area contributed by atoms with Crippen LogP contribution in [0.3, 0.4) is 0 Å². The van der Waals surface area contributed by atoms with Gasteiger partial charge in [0.1, 0.15) is 6.33 Å². The van der Waals surface area contributed by atoms with Crippen LogP contribution in [-0.2, 0) is 6.54 Å². The van der Waals surface area contributed by atoms with Crippen molar-refractivity contribution in [2.75, 3.05) is 0 Å². The average Bonchev–Trinajstić information content (AvgIpc) is 2.34. The first-order valence-corrected chi connectivity index (χ1v) is 5.90. The summed E-state index contributed by atoms with van der Waals surface area (Å²) in [5, 5.41) is 0. The number of benzene rings is 1. The van der Waals surface area contributed by atoms with E-state index in [1.165, 1.54) is 18.5 Å². The van der Waals surface area contributed by atoms with Crippen LogP contribution in [0.25, 0.3) is 0 Å². The van der Waals surface area contributed by atoms with Crippen LogP contribution in [0.2, 0.25) is 0 Å². The summed E-state index contributed by atoms with van der Waals surface area (Å²) in [4.78, 5) is 7.75. The molecule has 17 heavy (non-hydrogen) atoms. The van der Waals surface area contributed by atoms with Crippen molar-refractivity contribution in [2.45, 2.75) is 6.54 Å². The molecule has 0 aliphatic carbocycles. The molecular formula is C11H9FIN3O. The van der Waals surface area contributed by atoms with Gasteiger partial charge in [-0.05, 0) is 40.3 Å². The normalized spacial score (nSPS) is 10.3. The fraction of sp³-hybridized carbons (Fsp3) is 0.0909. The van der Waals surface area contributed by atoms with E-state index in [0.717, 1.165) is 0 Å². The van der Waals surface area contributed by atoms with Crippen LogP contribution < -0.4 is 10.5 Å². The highest BCUT2D eigenvalue weighted by molar-refractivity contribution is 14.1. The maximum atomic E-state index is 13.6. The molecule has 2 aromatic rings. The van der Waals surface area contributed by atoms with Gasteiger partial charge in [0.05, 0.1) is 3.57 Å². The van der Waals surface area contributed by atoms with E-state index in [-0.39, 0.29) is 5.75 Å². The monoisotopic (exact) mass is 345 g/mol. The molecule has 0 saturated heterocycles. The van der Waals surface area contributed by atoms with Crippen molar-refractivity contribution in [3.8, 4) is 11.6 Å². The van der Waals surface area contributed by atoms with Crippen LogP contribution in [0.15, 0.2) is 30.7 Å². The number of nitrogens with two attached hydrogens (primary N) is 1. The van der Waals surface area contributed by atoms with Crippen molar-refractivity contribution in [1.29, 1.82) is 0 Å². The number of rotatable bonds is 3. The van der Waals surface area contributed by atoms with E-state index in [1.807, 2.05) is 22.6 Å². The Morgan fingerprint density at radius 1 is 1.41 bits per heavy atom. The third kappa shape index (κ3) is 2.89. The summed E-state index contributed by atoms with van der Waals surface area (Å²) in [5.74, 6) is 0.00109. The smallest absolute Gasteiger partial charge is 0.235 e. The Kier molecular flexibility index (Phi) is 3.85. The van der Waals surface area contributed by atoms with E-state index >= 15 is 0 Å². The largest absolute Gasteiger partial charge is 0.435 e. The van der Waals surface area contributed by atoms with Crippen molar-refractivity contribution in [3.05, 3.63) is 45.7 Å². The predicted molar refractivity (Wildman–Crippen MR) is 69.1 cm³/mol. The standard InChI is InChI=1S/C11H9FIN3O/c12-8-3-7(4-14)1-2-10(8)17-11-9(13)5-15-6-16-11/h1-3,5-6H,4,14H2. The van der Waals surface area contributed by atoms with E-state index in [9.17, 15) is 4.39 Å². The summed E-state index contributed by atoms with van der Waals surface area (Å²) in [7, 11) is 0. The van der Waals surface area contributed by atoms with Crippen molar-refractivity contribution < 1.29 is 9.13 Å². The summed E-state index contributed by atoms with van der Waals surface area (Å²) in [6.45, 7) is 0.294. The molecule has 0 spiro atoms. The quantitative estimate of drug-likeness (QED) is 0.869. The van der Waals surface area contributed by atoms with Gasteiger partial charge < -0.3 is 10.5 Å². The molecule has 4 nitrogen and oxygen atoms in total. The summed E-state index contributed by atoms with van der Waals surface area (Å²) in [5.41, 5.74) is 6.13. The maximum Gasteiger partial charge on any atom is 0.235 e. The fourth-order valence-corrected chi connectivity index (χ4v) is 1.64. The van der Waals surface area contributed by atoms with Gasteiger partial charge in [-0.25, -0.2) is 14.4 Å². The van der Waals surface area contributed by atoms with Gasteiger partial charge in [-0.15, -0.1) is 0 Å². The van der Waals surface area contributed by atoms with Crippen LogP contribution >= 0.6 is 22.6 Å². The number of ether oxygens (including phenoxy) is 1. The molecule has 0 atom stereocenters. The predicted octanol–water partition coefficient (Wildman–Crippen LogP) is 2.47. The number of hydrogen-bond acceptors (Lipinski definition) is 4. The van der Waals surface area contributed by atoms with Crippen LogP contribution in [0.4, 0.5) is 4.39 Å². The van der Waals surface area contributed by atoms with Crippen LogP contribution in [0, 0.1) is 9.39 Å². The lowest BCUT2D eigenvalue weighted by Crippen LogP contribution is -1.98. The zero-order valence-corrected chi connectivity index (χ0v) is 10.9. The Morgan fingerprint density at radius 2 is 2.24 bits per heavy atom. The van der Waals surface area contributed by atoms with E-state index in [2.05, 4.69) is 9.97 Å². The molecule has 1 aromatic carbocycles. The molecule has 2 rings (SSSR count). The molecule has 1 heterocycles. The lowest BCUT2D eigenvalue weighted by Gasteiger charge is -2.07. The van der Waals surface area contributed by atoms with Crippen molar-refractivity contribution in [2.24, 2.45) is 5.73 Å². The lowest BCUT2D eigenvalue weighted by atomic mass is 10.2. The van der Waals surface area contributed by atoms with Crippen molar-refractivity contribution in [1.82, 2.24) is 9.97 Å². The molecule has 0 unspecified atom stereocenters. The molecule has 0 saturated carbocycles. The van der Waals surface area contributed by atoms with Gasteiger partial charge in [0, 0.05) is 12.7 Å². The average molecular weight is 345 g/mol. The number of aromatic nitrogens is 2. The van der Waals surface area contributed by atoms with Crippen LogP contribution in [0.1, 0.15) is 5.56 Å². The fourth-order valence-electron chi connectivity index (χ4n) is 1.23. The number of halogens is 2. The third-order valence-corrected chi connectivity index (χ3v) is 2.81. The Morgan fingerprint density at radius 3 is 2.88 bits per heavy atom. The second kappa shape index (κ2) is 5.37. The van der Waals surface area contributed by atoms with Gasteiger partial charge in [0.15, 0.2) is 11.6 Å². The minimum absolute atomic E-state index is 0.124. The van der Waals surface area contributed by atoms with Gasteiger partial charge in [-0.1, -0.05) is 6.07 Å². The zero-order valence-electron chi connectivity index (χ0n) is 8.73. The molecular weight excluding hydrogens is 336 g/mol. The van der Waals surface area contributed by atoms with Crippen molar-refractivity contribution >= 4 is 22.6 Å². The first kappa shape index (κ1) is 12.2. The Hall–Kier alpha value is -1.28. The minimum atomic E-state index is -0.456. The van der Waals surface area contributed by atoms with E-state index in [0.29, 0.717) is 21.6 Å². The summed E-state index contributed by atoms with van der Waals surface area (Å²) >= 11 is 2.02. The summed E-state index contributed by atoms with van der Waals surface area (Å²) in [6.07, 6.45) is 2.94. The molecule has 88 valence electrons. The molecule has 0 amide bonds. The lowest BCUT2D eigenvalue weighted by molar-refractivity contribution is 0.423. The maximum absolute atomic E-state index is 13.6. The Bertz CT molecular complexity index is 536. The first-order chi connectivity index (χ1) is 8.20. The number of nitrogens with zero attached hydrogens (tertiary/aromatic N) is 2. The molecule has 6 heteroatoms. The van der Waals surface area contributed by atoms with Crippen molar-refractivity contribution in [3.63, 3.8) is 0 Å². The Balaban J connectivity index is 2.28. The molecule has 0 bridgehead atoms. The molecule has 2 N–H and O–H groups in total. The van der Waals surface area contributed by atoms with Gasteiger partial charge in [-0.3, -0.25) is 0 Å². The zero-order chi connectivity index (χ0) is 12.3. The van der Waals surface area contributed by atoms with Gasteiger partial charge >= 0.3 is 0 Å². The molecule has 1 aromatic heterocycles. The van der Waals surface area contributed by atoms with Gasteiger partial charge in [-0.2, -0.15) is 0 Å². The summed E-state index contributed by atoms with van der Waals surface area (Å²) < 4.78 is 19.7. The SMILES string of the molecule is NCc1ccc(Oc2ncncc2I)c(F)c1. The second-order valence-electron chi connectivity index (χ2n) is 3.25. The van der Waals surface area contributed by atoms with Gasteiger partial charge in [0.2, 0.25) is 5.88 Å². The molecule has 0 fully saturated rings.